The van der Waals surface area contributed by atoms with Gasteiger partial charge in [-0.15, -0.1) is 13.2 Å². The molecule has 0 saturated heterocycles. The molecule has 1 aliphatic heterocycles. The van der Waals surface area contributed by atoms with Gasteiger partial charge in [-0.05, 0) is 6.07 Å². The van der Waals surface area contributed by atoms with Crippen molar-refractivity contribution in [3.05, 3.63) is 38.5 Å². The van der Waals surface area contributed by atoms with Gasteiger partial charge in [0.25, 0.3) is 5.70 Å². The number of hydrogen-bond donors (Lipinski definition) is 0. The summed E-state index contributed by atoms with van der Waals surface area (Å²) >= 11 is 5.64. The molecule has 0 amide bonds. The Morgan fingerprint density at radius 1 is 1.42 bits per heavy atom. The van der Waals surface area contributed by atoms with Crippen molar-refractivity contribution in [2.75, 3.05) is 6.61 Å². The second-order valence-corrected chi connectivity index (χ2v) is 3.99. The first kappa shape index (κ1) is 13.5. The number of rotatable bonds is 2. The fourth-order valence-electron chi connectivity index (χ4n) is 1.52. The van der Waals surface area contributed by atoms with Crippen LogP contribution in [0.3, 0.4) is 0 Å². The number of nitro groups is 1. The molecule has 0 saturated carbocycles. The van der Waals surface area contributed by atoms with E-state index in [2.05, 4.69) is 4.74 Å². The zero-order valence-electron chi connectivity index (χ0n) is 9.03. The van der Waals surface area contributed by atoms with Crippen LogP contribution in [0, 0.1) is 10.1 Å². The minimum atomic E-state index is -4.91. The molecule has 1 aromatic rings. The Balaban J connectivity index is 2.48. The summed E-state index contributed by atoms with van der Waals surface area (Å²) in [5.41, 5.74) is -0.225. The summed E-state index contributed by atoms with van der Waals surface area (Å²) in [5, 5.41) is 10.5. The smallest absolute Gasteiger partial charge is 0.478 e. The Bertz CT molecular complexity index is 571. The molecule has 0 atom stereocenters. The van der Waals surface area contributed by atoms with Gasteiger partial charge in [-0.1, -0.05) is 11.6 Å². The normalized spacial score (nSPS) is 14.2. The molecule has 1 aromatic carbocycles. The maximum Gasteiger partial charge on any atom is 0.573 e. The molecular weight excluding hydrogens is 291 g/mol. The van der Waals surface area contributed by atoms with Gasteiger partial charge < -0.3 is 9.47 Å². The van der Waals surface area contributed by atoms with E-state index in [0.29, 0.717) is 0 Å². The fourth-order valence-corrected chi connectivity index (χ4v) is 1.74. The summed E-state index contributed by atoms with van der Waals surface area (Å²) < 4.78 is 45.3. The summed E-state index contributed by atoms with van der Waals surface area (Å²) in [6, 6.07) is 2.18. The first-order valence-corrected chi connectivity index (χ1v) is 5.21. The van der Waals surface area contributed by atoms with Crippen LogP contribution in [-0.2, 0) is 0 Å². The van der Waals surface area contributed by atoms with E-state index in [1.807, 2.05) is 0 Å². The maximum absolute atomic E-state index is 12.2. The van der Waals surface area contributed by atoms with Gasteiger partial charge in [-0.2, -0.15) is 0 Å². The Morgan fingerprint density at radius 2 is 2.11 bits per heavy atom. The molecule has 5 nitrogen and oxygen atoms in total. The van der Waals surface area contributed by atoms with Gasteiger partial charge in [-0.25, -0.2) is 0 Å². The summed E-state index contributed by atoms with van der Waals surface area (Å²) in [6.07, 6.45) is -3.82. The minimum absolute atomic E-state index is 0.0533. The van der Waals surface area contributed by atoms with Crippen LogP contribution in [0.5, 0.6) is 11.5 Å². The highest BCUT2D eigenvalue weighted by Gasteiger charge is 2.34. The van der Waals surface area contributed by atoms with Crippen molar-refractivity contribution in [1.29, 1.82) is 0 Å². The first-order valence-electron chi connectivity index (χ1n) is 4.83. The third kappa shape index (κ3) is 3.08. The van der Waals surface area contributed by atoms with E-state index < -0.39 is 23.6 Å². The number of benzene rings is 1. The van der Waals surface area contributed by atoms with Crippen LogP contribution < -0.4 is 9.47 Å². The molecule has 0 fully saturated rings. The molecule has 1 aliphatic rings. The van der Waals surface area contributed by atoms with Crippen LogP contribution in [0.2, 0.25) is 5.02 Å². The molecule has 0 radical (unpaired) electrons. The fraction of sp³-hybridized carbons (Fsp3) is 0.200. The molecule has 0 bridgehead atoms. The van der Waals surface area contributed by atoms with Gasteiger partial charge >= 0.3 is 6.36 Å². The summed E-state index contributed by atoms with van der Waals surface area (Å²) in [4.78, 5) is 9.89. The van der Waals surface area contributed by atoms with Crippen molar-refractivity contribution in [2.24, 2.45) is 0 Å². The van der Waals surface area contributed by atoms with E-state index in [1.54, 1.807) is 0 Å². The van der Waals surface area contributed by atoms with E-state index >= 15 is 0 Å². The second kappa shape index (κ2) is 4.61. The Morgan fingerprint density at radius 3 is 2.68 bits per heavy atom. The molecule has 0 aliphatic carbocycles. The number of nitrogens with zero attached hydrogens (tertiary/aromatic N) is 1. The van der Waals surface area contributed by atoms with Crippen molar-refractivity contribution >= 4 is 17.7 Å². The molecule has 0 N–H and O–H groups in total. The highest BCUT2D eigenvalue weighted by molar-refractivity contribution is 6.31. The molecule has 102 valence electrons. The van der Waals surface area contributed by atoms with Crippen LogP contribution in [0.25, 0.3) is 6.08 Å². The number of hydrogen-bond acceptors (Lipinski definition) is 4. The lowest BCUT2D eigenvalue weighted by Crippen LogP contribution is -2.20. The monoisotopic (exact) mass is 295 g/mol. The van der Waals surface area contributed by atoms with Gasteiger partial charge in [0.05, 0.1) is 4.92 Å². The average Bonchev–Trinajstić information content (AvgIpc) is 2.25. The van der Waals surface area contributed by atoms with Crippen molar-refractivity contribution in [3.8, 4) is 11.5 Å². The van der Waals surface area contributed by atoms with Crippen LogP contribution in [0.4, 0.5) is 13.2 Å². The zero-order chi connectivity index (χ0) is 14.2. The molecule has 9 heteroatoms. The van der Waals surface area contributed by atoms with Crippen molar-refractivity contribution in [2.45, 2.75) is 6.36 Å². The Labute approximate surface area is 109 Å². The maximum atomic E-state index is 12.2. The topological polar surface area (TPSA) is 61.6 Å². The molecule has 0 spiro atoms. The molecule has 0 unspecified atom stereocenters. The summed E-state index contributed by atoms with van der Waals surface area (Å²) in [6.45, 7) is -0.449. The van der Waals surface area contributed by atoms with Crippen LogP contribution in [0.1, 0.15) is 5.56 Å². The van der Waals surface area contributed by atoms with Crippen LogP contribution >= 0.6 is 11.6 Å². The Kier molecular flexibility index (Phi) is 3.27. The van der Waals surface area contributed by atoms with Gasteiger partial charge in [0.15, 0.2) is 18.1 Å². The van der Waals surface area contributed by atoms with Gasteiger partial charge in [-0.3, -0.25) is 10.1 Å². The predicted octanol–water partition coefficient (Wildman–Crippen LogP) is 3.25. The van der Waals surface area contributed by atoms with Crippen molar-refractivity contribution in [3.63, 3.8) is 0 Å². The molecular formula is C10H5ClF3NO4. The van der Waals surface area contributed by atoms with Crippen molar-refractivity contribution in [1.82, 2.24) is 0 Å². The quantitative estimate of drug-likeness (QED) is 0.620. The molecule has 2 rings (SSSR count). The SMILES string of the molecule is O=[N+]([O-])C1=Cc2cc(Cl)cc(OC(F)(F)F)c2OC1. The molecule has 0 aromatic heterocycles. The van der Waals surface area contributed by atoms with E-state index in [4.69, 9.17) is 16.3 Å². The Hall–Kier alpha value is -1.96. The lowest BCUT2D eigenvalue weighted by atomic mass is 10.1. The first-order chi connectivity index (χ1) is 8.76. The van der Waals surface area contributed by atoms with E-state index in [-0.39, 0.29) is 22.0 Å². The van der Waals surface area contributed by atoms with E-state index in [1.165, 1.54) is 6.07 Å². The van der Waals surface area contributed by atoms with Crippen LogP contribution in [0.15, 0.2) is 17.8 Å². The van der Waals surface area contributed by atoms with E-state index in [0.717, 1.165) is 12.1 Å². The van der Waals surface area contributed by atoms with Gasteiger partial charge in [0.1, 0.15) is 0 Å². The number of halogens is 4. The average molecular weight is 296 g/mol. The number of alkyl halides is 3. The van der Waals surface area contributed by atoms with E-state index in [9.17, 15) is 23.3 Å². The lowest BCUT2D eigenvalue weighted by molar-refractivity contribution is -0.427. The van der Waals surface area contributed by atoms with Gasteiger partial charge in [0.2, 0.25) is 0 Å². The van der Waals surface area contributed by atoms with Gasteiger partial charge in [0, 0.05) is 22.7 Å². The highest BCUT2D eigenvalue weighted by atomic mass is 35.5. The number of ether oxygens (including phenoxy) is 2. The predicted molar refractivity (Wildman–Crippen MR) is 58.6 cm³/mol. The second-order valence-electron chi connectivity index (χ2n) is 3.55. The minimum Gasteiger partial charge on any atom is -0.478 e. The largest absolute Gasteiger partial charge is 0.573 e. The highest BCUT2D eigenvalue weighted by Crippen LogP contribution is 2.40. The molecule has 1 heterocycles. The molecule has 19 heavy (non-hydrogen) atoms. The zero-order valence-corrected chi connectivity index (χ0v) is 9.79. The lowest BCUT2D eigenvalue weighted by Gasteiger charge is -2.18. The van der Waals surface area contributed by atoms with Crippen molar-refractivity contribution < 1.29 is 27.6 Å². The number of fused-ring (bicyclic) bond motifs is 1. The third-order valence-corrected chi connectivity index (χ3v) is 2.41. The standard InChI is InChI=1S/C10H5ClF3NO4/c11-6-1-5-2-7(15(16)17)4-18-9(5)8(3-6)19-10(12,13)14/h1-3H,4H2. The summed E-state index contributed by atoms with van der Waals surface area (Å²) in [5.74, 6) is -0.860. The summed E-state index contributed by atoms with van der Waals surface area (Å²) in [7, 11) is 0. The van der Waals surface area contributed by atoms with Crippen LogP contribution in [-0.4, -0.2) is 17.9 Å². The third-order valence-electron chi connectivity index (χ3n) is 2.20.